The molecule has 3 aromatic heterocycles. The molecule has 6 aliphatic carbocycles. The van der Waals surface area contributed by atoms with E-state index >= 15 is 0 Å². The predicted octanol–water partition coefficient (Wildman–Crippen LogP) is 14.5. The summed E-state index contributed by atoms with van der Waals surface area (Å²) in [4.78, 5) is 145. The largest absolute Gasteiger partial charge is 0.402 e. The van der Waals surface area contributed by atoms with Gasteiger partial charge in [-0.1, -0.05) is 108 Å². The number of carbonyl (C=O) groups excluding carboxylic acids is 9. The highest BCUT2D eigenvalue weighted by Crippen LogP contribution is 2.55. The Morgan fingerprint density at radius 2 is 0.796 bits per heavy atom. The van der Waals surface area contributed by atoms with Crippen LogP contribution in [0.4, 0.5) is 27.6 Å². The average molecular weight is 1990 g/mol. The Morgan fingerprint density at radius 3 is 1.17 bits per heavy atom. The number of nitrogens with one attached hydrogen (secondary N) is 7. The third kappa shape index (κ3) is 33.2. The number of sulfonamides is 1. The van der Waals surface area contributed by atoms with Crippen LogP contribution in [0.25, 0.3) is 0 Å². The number of likely N-dealkylation sites (N-methyl/N-ethyl adjacent to an activating group) is 1. The molecule has 6 saturated heterocycles. The molecule has 6 aliphatic heterocycles. The van der Waals surface area contributed by atoms with E-state index in [1.807, 2.05) is 77.0 Å². The Morgan fingerprint density at radius 1 is 0.431 bits per heavy atom. The molecule has 12 fully saturated rings. The zero-order valence-corrected chi connectivity index (χ0v) is 86.3. The molecule has 9 heterocycles. The smallest absolute Gasteiger partial charge is 0.351 e. The van der Waals surface area contributed by atoms with Crippen LogP contribution in [0, 0.1) is 45.8 Å². The first-order chi connectivity index (χ1) is 65.8. The highest BCUT2D eigenvalue weighted by atomic mass is 32.2. The molecule has 6 saturated carbocycles. The quantitative estimate of drug-likeness (QED) is 0.0262. The number of hydrogen-bond acceptors (Lipinski definition) is 18. The highest BCUT2D eigenvalue weighted by Gasteiger charge is 2.51. The van der Waals surface area contributed by atoms with Crippen molar-refractivity contribution in [2.45, 2.75) is 325 Å². The standard InChI is InChI=1S/C35H54F3N5O5S2.C34H56N6O3S.C33H54N6O3S/c1-50(47,48)43(25-35(36,37)38)17-6-5-10-27(22-26-8-3-2-4-9-26)32(45)42-18-12-30(29(24-42)31(44)39-23-28-11-7-21-49-28)40-33(46)41-19-15-34(13-14-34)16-20-41;1-37(2)19-8-7-13-30(38(3)26-10-5-4-6-11-26)32(42)40-20-14-29(28(25-40)31(41)35-24-27-12-9-23-44-27)36-33(43)39-21-17-34(15-16-34)18-22-39;1-37(2)18-7-6-12-29(35-25-9-4-3-5-10-25)31(41)39-19-13-28(27(24-39)30(40)34-23-26-11-8-22-43-26)36-32(42)38-20-16-33(14-15-33)17-21-38/h7,11,21,26-27,29-30H,2-6,8-10,12-20,22-25H2,1H3,(H,39,44)(H,40,46);9,12,23,26,28-30H,4-8,10-11,13-22,24-25H2,1-3H3,(H,35,41)(H,36,43);8,11,22,25,27-29,35H,3-7,9-10,12-21,23-24H2,1-2H3,(H,34,40)(H,36,42)/t27-,29-,30+;28-,29+,30+;27-,28+,29+/m000/s1. The van der Waals surface area contributed by atoms with E-state index < -0.39 is 46.5 Å². The molecule has 7 N–H and O–H groups in total. The van der Waals surface area contributed by atoms with Gasteiger partial charge in [0.05, 0.1) is 55.7 Å². The maximum Gasteiger partial charge on any atom is 0.402 e. The summed E-state index contributed by atoms with van der Waals surface area (Å²) in [6.45, 7) is 8.46. The van der Waals surface area contributed by atoms with Gasteiger partial charge in [-0.3, -0.25) is 33.7 Å². The highest BCUT2D eigenvalue weighted by molar-refractivity contribution is 7.88. The van der Waals surface area contributed by atoms with Gasteiger partial charge in [0.1, 0.15) is 6.54 Å². The van der Waals surface area contributed by atoms with E-state index in [1.54, 1.807) is 27.6 Å². The molecule has 15 rings (SSSR count). The molecule has 12 aliphatic rings. The van der Waals surface area contributed by atoms with Crippen LogP contribution in [-0.2, 0) is 58.4 Å². The minimum atomic E-state index is -4.64. The minimum Gasteiger partial charge on any atom is -0.351 e. The predicted molar refractivity (Wildman–Crippen MR) is 535 cm³/mol. The summed E-state index contributed by atoms with van der Waals surface area (Å²) >= 11 is 4.78. The third-order valence-corrected chi connectivity index (χ3v) is 36.5. The molecule has 137 heavy (non-hydrogen) atoms. The van der Waals surface area contributed by atoms with Crippen LogP contribution in [0.3, 0.4) is 0 Å². The van der Waals surface area contributed by atoms with Gasteiger partial charge in [-0.2, -0.15) is 17.5 Å². The van der Waals surface area contributed by atoms with E-state index in [0.717, 1.165) is 195 Å². The average Bonchev–Trinajstić information content (AvgIpc) is 1.63. The van der Waals surface area contributed by atoms with E-state index in [1.165, 1.54) is 88.4 Å². The molecule has 9 atom stereocenters. The Hall–Kier alpha value is -6.73. The molecule has 0 unspecified atom stereocenters. The summed E-state index contributed by atoms with van der Waals surface area (Å²) in [5, 5.41) is 28.6. The topological polar surface area (TPSA) is 304 Å². The van der Waals surface area contributed by atoms with Crippen molar-refractivity contribution in [3.8, 4) is 0 Å². The van der Waals surface area contributed by atoms with Gasteiger partial charge in [0.15, 0.2) is 0 Å². The number of alkyl halides is 3. The SMILES string of the molecule is CN(C)CCCC[C@@H](NC1CCCCC1)C(=O)N1CC[C@@H](NC(=O)N2CCC3(CC2)CC3)[C@@H](C(=O)NCc2cccs2)C1.CN(C)CCCC[C@H](C(=O)N1CC[C@@H](NC(=O)N2CCC3(CC2)CC3)[C@@H](C(=O)NCc2cccs2)C1)N(C)C1CCCCC1.CS(=O)(=O)N(CCCC[C@@H](CC1CCCCC1)C(=O)N1CC[C@@H](NC(=O)N2CCC3(CC2)CC3)[C@@H](C(=O)NCc2cccs2)C1)CC(F)(F)F. The van der Waals surface area contributed by atoms with E-state index in [-0.39, 0.29) is 103 Å². The summed E-state index contributed by atoms with van der Waals surface area (Å²) in [6.07, 6.45) is 36.7. The van der Waals surface area contributed by atoms with Crippen molar-refractivity contribution in [2.75, 3.05) is 146 Å². The number of hydrogen-bond donors (Lipinski definition) is 7. The lowest BCUT2D eigenvalue weighted by Gasteiger charge is -2.43. The van der Waals surface area contributed by atoms with Crippen LogP contribution in [0.2, 0.25) is 0 Å². The van der Waals surface area contributed by atoms with Crippen LogP contribution in [0.15, 0.2) is 52.5 Å². The monoisotopic (exact) mass is 1990 g/mol. The normalized spacial score (nSPS) is 24.2. The van der Waals surface area contributed by atoms with Crippen molar-refractivity contribution in [3.63, 3.8) is 0 Å². The molecule has 0 aromatic carbocycles. The van der Waals surface area contributed by atoms with Crippen molar-refractivity contribution >= 4 is 97.6 Å². The lowest BCUT2D eigenvalue weighted by atomic mass is 9.80. The van der Waals surface area contributed by atoms with Crippen LogP contribution < -0.4 is 37.2 Å². The molecule has 12 amide bonds. The Balaban J connectivity index is 0.000000174. The van der Waals surface area contributed by atoms with E-state index in [4.69, 9.17) is 0 Å². The summed E-state index contributed by atoms with van der Waals surface area (Å²) in [5.74, 6) is -1.81. The van der Waals surface area contributed by atoms with Gasteiger partial charge < -0.3 is 76.4 Å². The number of carbonyl (C=O) groups is 9. The first-order valence-corrected chi connectivity index (χ1v) is 57.0. The maximum absolute atomic E-state index is 14.3. The van der Waals surface area contributed by atoms with Gasteiger partial charge in [0.2, 0.25) is 45.5 Å². The lowest BCUT2D eigenvalue weighted by molar-refractivity contribution is -0.143. The van der Waals surface area contributed by atoms with Gasteiger partial charge in [-0.15, -0.1) is 34.0 Å². The number of urea groups is 3. The van der Waals surface area contributed by atoms with Gasteiger partial charge in [-0.05, 0) is 272 Å². The minimum absolute atomic E-state index is 0.0582. The lowest BCUT2D eigenvalue weighted by Crippen LogP contribution is -2.61. The number of unbranched alkanes of at least 4 members (excludes halogenated alkanes) is 3. The summed E-state index contributed by atoms with van der Waals surface area (Å²) < 4.78 is 63.7. The molecule has 768 valence electrons. The number of likely N-dealkylation sites (tertiary alicyclic amines) is 6. The Bertz CT molecular complexity index is 4380. The van der Waals surface area contributed by atoms with E-state index in [2.05, 4.69) is 87.2 Å². The second-order valence-electron chi connectivity index (χ2n) is 43.3. The van der Waals surface area contributed by atoms with Gasteiger partial charge in [0, 0.05) is 136 Å². The van der Waals surface area contributed by atoms with Crippen LogP contribution >= 0.6 is 34.0 Å². The molecule has 35 heteroatoms. The van der Waals surface area contributed by atoms with E-state index in [9.17, 15) is 64.7 Å². The number of amides is 12. The fourth-order valence-electron chi connectivity index (χ4n) is 23.0. The van der Waals surface area contributed by atoms with Crippen molar-refractivity contribution in [2.24, 2.45) is 45.8 Å². The first-order valence-electron chi connectivity index (χ1n) is 52.5. The van der Waals surface area contributed by atoms with Crippen molar-refractivity contribution < 1.29 is 64.7 Å². The van der Waals surface area contributed by atoms with Crippen LogP contribution in [-0.4, -0.2) is 305 Å². The number of halogens is 3. The Labute approximate surface area is 826 Å². The van der Waals surface area contributed by atoms with Crippen LogP contribution in [0.1, 0.15) is 271 Å². The number of piperidine rings is 6. The fraction of sp³-hybridized carbons (Fsp3) is 0.794. The zero-order valence-electron chi connectivity index (χ0n) is 83.1. The van der Waals surface area contributed by atoms with Gasteiger partial charge in [-0.25, -0.2) is 22.8 Å². The second kappa shape index (κ2) is 51.5. The summed E-state index contributed by atoms with van der Waals surface area (Å²) in [5.41, 5.74) is 1.43. The van der Waals surface area contributed by atoms with Gasteiger partial charge in [0.25, 0.3) is 0 Å². The molecule has 28 nitrogen and oxygen atoms in total. The maximum atomic E-state index is 14.3. The molecule has 0 radical (unpaired) electrons. The van der Waals surface area contributed by atoms with Crippen molar-refractivity contribution in [1.82, 2.24) is 85.6 Å². The molecule has 3 aromatic rings. The van der Waals surface area contributed by atoms with Crippen molar-refractivity contribution in [3.05, 3.63) is 67.2 Å². The third-order valence-electron chi connectivity index (χ3n) is 32.6. The number of nitrogens with zero attached hydrogens (tertiary/aromatic N) is 10. The Kier molecular flexibility index (Phi) is 40.4. The van der Waals surface area contributed by atoms with E-state index in [0.29, 0.717) is 143 Å². The first kappa shape index (κ1) is 108. The molecule has 0 bridgehead atoms. The van der Waals surface area contributed by atoms with Crippen molar-refractivity contribution in [1.29, 1.82) is 0 Å². The number of rotatable bonds is 38. The molecule has 3 spiro atoms. The zero-order chi connectivity index (χ0) is 97.3. The summed E-state index contributed by atoms with van der Waals surface area (Å²) in [7, 11) is 6.47. The molecular weight excluding hydrogens is 1820 g/mol. The fourth-order valence-corrected chi connectivity index (χ4v) is 25.8. The second-order valence-corrected chi connectivity index (χ2v) is 48.4. The molecular formula is C102H164F3N17O11S4. The number of thiophene rings is 3. The van der Waals surface area contributed by atoms with Gasteiger partial charge >= 0.3 is 24.3 Å². The summed E-state index contributed by atoms with van der Waals surface area (Å²) in [6, 6.07) is 11.0. The van der Waals surface area contributed by atoms with Crippen LogP contribution in [0.5, 0.6) is 0 Å².